The van der Waals surface area contributed by atoms with Gasteiger partial charge >= 0.3 is 0 Å². The molecule has 0 spiro atoms. The summed E-state index contributed by atoms with van der Waals surface area (Å²) in [6.07, 6.45) is 19.4. The first kappa shape index (κ1) is 27.9. The molecule has 0 bridgehead atoms. The Morgan fingerprint density at radius 3 is 1.89 bits per heavy atom. The van der Waals surface area contributed by atoms with Crippen LogP contribution in [0.3, 0.4) is 0 Å². The van der Waals surface area contributed by atoms with Crippen LogP contribution in [-0.4, -0.2) is 19.4 Å². The van der Waals surface area contributed by atoms with Crippen LogP contribution in [0.15, 0.2) is 24.3 Å². The van der Waals surface area contributed by atoms with Gasteiger partial charge < -0.3 is 9.47 Å². The standard InChI is InChI=1S/C30H45F3O2/c1-3-5-6-7-22-8-10-23(11-9-22)12-13-24-14-16-25(17-15-24)20-26(31)21-35-28-19-18-27(34-4-2)29(32)30(28)33/h12-13,18-19,22-26H,3-11,14-17,20-21H2,1-2H3. The second-order valence-corrected chi connectivity index (χ2v) is 10.7. The van der Waals surface area contributed by atoms with Crippen molar-refractivity contribution in [1.29, 1.82) is 0 Å². The lowest BCUT2D eigenvalue weighted by Crippen LogP contribution is -2.21. The van der Waals surface area contributed by atoms with Crippen molar-refractivity contribution in [1.82, 2.24) is 0 Å². The highest BCUT2D eigenvalue weighted by atomic mass is 19.2. The Hall–Kier alpha value is -1.65. The van der Waals surface area contributed by atoms with E-state index >= 15 is 0 Å². The lowest BCUT2D eigenvalue weighted by atomic mass is 9.77. The summed E-state index contributed by atoms with van der Waals surface area (Å²) in [7, 11) is 0. The molecule has 0 N–H and O–H groups in total. The Kier molecular flexibility index (Phi) is 11.8. The summed E-state index contributed by atoms with van der Waals surface area (Å²) in [6, 6.07) is 2.62. The third-order valence-corrected chi connectivity index (χ3v) is 7.97. The van der Waals surface area contributed by atoms with E-state index in [2.05, 4.69) is 19.1 Å². The zero-order valence-corrected chi connectivity index (χ0v) is 21.8. The summed E-state index contributed by atoms with van der Waals surface area (Å²) in [4.78, 5) is 0. The van der Waals surface area contributed by atoms with Crippen molar-refractivity contribution in [2.75, 3.05) is 13.2 Å². The van der Waals surface area contributed by atoms with E-state index in [1.54, 1.807) is 6.92 Å². The summed E-state index contributed by atoms with van der Waals surface area (Å²) in [5, 5.41) is 0. The normalized spacial score (nSPS) is 26.1. The summed E-state index contributed by atoms with van der Waals surface area (Å²) in [5.41, 5.74) is 0. The molecule has 1 aromatic carbocycles. The lowest BCUT2D eigenvalue weighted by molar-refractivity contribution is 0.147. The van der Waals surface area contributed by atoms with Gasteiger partial charge in [-0.15, -0.1) is 0 Å². The van der Waals surface area contributed by atoms with Gasteiger partial charge in [0.2, 0.25) is 11.6 Å². The second kappa shape index (κ2) is 14.8. The Morgan fingerprint density at radius 1 is 0.800 bits per heavy atom. The summed E-state index contributed by atoms with van der Waals surface area (Å²) in [5.74, 6) is 0.00104. The smallest absolute Gasteiger partial charge is 0.204 e. The van der Waals surface area contributed by atoms with Crippen LogP contribution in [-0.2, 0) is 0 Å². The molecule has 0 saturated heterocycles. The van der Waals surface area contributed by atoms with Crippen LogP contribution in [0.2, 0.25) is 0 Å². The SMILES string of the molecule is CCCCCC1CCC(C=CC2CCC(CC(F)COc3ccc(OCC)c(F)c3F)CC2)CC1. The van der Waals surface area contributed by atoms with Gasteiger partial charge in [0, 0.05) is 0 Å². The van der Waals surface area contributed by atoms with Gasteiger partial charge in [-0.05, 0) is 101 Å². The van der Waals surface area contributed by atoms with Gasteiger partial charge in [0.25, 0.3) is 0 Å². The van der Waals surface area contributed by atoms with E-state index in [9.17, 15) is 13.2 Å². The molecule has 0 heterocycles. The zero-order chi connectivity index (χ0) is 25.0. The first-order chi connectivity index (χ1) is 17.0. The summed E-state index contributed by atoms with van der Waals surface area (Å²) >= 11 is 0. The Balaban J connectivity index is 1.32. The minimum absolute atomic E-state index is 0.157. The molecule has 0 radical (unpaired) electrons. The molecule has 0 aromatic heterocycles. The van der Waals surface area contributed by atoms with Crippen molar-refractivity contribution in [3.63, 3.8) is 0 Å². The number of hydrogen-bond donors (Lipinski definition) is 0. The molecule has 5 heteroatoms. The predicted octanol–water partition coefficient (Wildman–Crippen LogP) is 9.22. The van der Waals surface area contributed by atoms with E-state index in [0.29, 0.717) is 18.3 Å². The van der Waals surface area contributed by atoms with Crippen LogP contribution in [0.25, 0.3) is 0 Å². The van der Waals surface area contributed by atoms with Gasteiger partial charge in [0.1, 0.15) is 12.8 Å². The summed E-state index contributed by atoms with van der Waals surface area (Å²) < 4.78 is 52.9. The highest BCUT2D eigenvalue weighted by molar-refractivity contribution is 5.35. The number of rotatable bonds is 13. The minimum Gasteiger partial charge on any atom is -0.491 e. The molecule has 0 amide bonds. The molecule has 198 valence electrons. The predicted molar refractivity (Wildman–Crippen MR) is 137 cm³/mol. The number of hydrogen-bond acceptors (Lipinski definition) is 2. The molecule has 2 nitrogen and oxygen atoms in total. The van der Waals surface area contributed by atoms with Gasteiger partial charge in [-0.2, -0.15) is 8.78 Å². The fourth-order valence-corrected chi connectivity index (χ4v) is 5.79. The second-order valence-electron chi connectivity index (χ2n) is 10.7. The largest absolute Gasteiger partial charge is 0.491 e. The molecule has 1 atom stereocenters. The van der Waals surface area contributed by atoms with Crippen LogP contribution in [0.1, 0.15) is 97.3 Å². The first-order valence-electron chi connectivity index (χ1n) is 14.1. The number of benzene rings is 1. The van der Waals surface area contributed by atoms with Crippen LogP contribution in [0.5, 0.6) is 11.5 Å². The number of allylic oxidation sites excluding steroid dienone is 2. The molecule has 2 aliphatic rings. The van der Waals surface area contributed by atoms with E-state index < -0.39 is 17.8 Å². The fraction of sp³-hybridized carbons (Fsp3) is 0.733. The number of alkyl halides is 1. The van der Waals surface area contributed by atoms with Crippen molar-refractivity contribution < 1.29 is 22.6 Å². The highest BCUT2D eigenvalue weighted by Crippen LogP contribution is 2.36. The van der Waals surface area contributed by atoms with Crippen molar-refractivity contribution in [2.24, 2.45) is 23.7 Å². The Morgan fingerprint density at radius 2 is 1.34 bits per heavy atom. The monoisotopic (exact) mass is 494 g/mol. The molecule has 2 saturated carbocycles. The first-order valence-corrected chi connectivity index (χ1v) is 14.1. The minimum atomic E-state index is -1.19. The van der Waals surface area contributed by atoms with E-state index in [4.69, 9.17) is 9.47 Å². The molecule has 1 aromatic rings. The molecule has 1 unspecified atom stereocenters. The summed E-state index contributed by atoms with van der Waals surface area (Å²) in [6.45, 7) is 3.95. The van der Waals surface area contributed by atoms with E-state index in [-0.39, 0.29) is 24.7 Å². The van der Waals surface area contributed by atoms with Crippen LogP contribution in [0, 0.1) is 35.3 Å². The average molecular weight is 495 g/mol. The molecular formula is C30H45F3O2. The maximum atomic E-state index is 14.5. The highest BCUT2D eigenvalue weighted by Gasteiger charge is 2.25. The maximum Gasteiger partial charge on any atom is 0.204 e. The van der Waals surface area contributed by atoms with Gasteiger partial charge in [-0.3, -0.25) is 0 Å². The van der Waals surface area contributed by atoms with E-state index in [0.717, 1.165) is 37.5 Å². The lowest BCUT2D eigenvalue weighted by Gasteiger charge is -2.29. The van der Waals surface area contributed by atoms with Gasteiger partial charge in [-0.1, -0.05) is 44.8 Å². The third kappa shape index (κ3) is 9.06. The van der Waals surface area contributed by atoms with E-state index in [1.807, 2.05) is 0 Å². The van der Waals surface area contributed by atoms with Gasteiger partial charge in [0.15, 0.2) is 11.5 Å². The molecular weight excluding hydrogens is 449 g/mol. The number of halogens is 3. The van der Waals surface area contributed by atoms with E-state index in [1.165, 1.54) is 63.5 Å². The molecule has 3 rings (SSSR count). The Labute approximate surface area is 210 Å². The molecule has 2 aliphatic carbocycles. The zero-order valence-electron chi connectivity index (χ0n) is 21.8. The number of unbranched alkanes of at least 4 members (excludes halogenated alkanes) is 2. The molecule has 0 aliphatic heterocycles. The Bertz CT molecular complexity index is 765. The van der Waals surface area contributed by atoms with Crippen molar-refractivity contribution in [3.05, 3.63) is 35.9 Å². The molecule has 2 fully saturated rings. The number of ether oxygens (including phenoxy) is 2. The van der Waals surface area contributed by atoms with Crippen molar-refractivity contribution in [2.45, 2.75) is 103 Å². The molecule has 35 heavy (non-hydrogen) atoms. The van der Waals surface area contributed by atoms with Crippen LogP contribution in [0.4, 0.5) is 13.2 Å². The van der Waals surface area contributed by atoms with Gasteiger partial charge in [-0.25, -0.2) is 4.39 Å². The topological polar surface area (TPSA) is 18.5 Å². The average Bonchev–Trinajstić information content (AvgIpc) is 2.87. The maximum absolute atomic E-state index is 14.5. The third-order valence-electron chi connectivity index (χ3n) is 7.97. The fourth-order valence-electron chi connectivity index (χ4n) is 5.79. The van der Waals surface area contributed by atoms with Crippen LogP contribution >= 0.6 is 0 Å². The van der Waals surface area contributed by atoms with Crippen LogP contribution < -0.4 is 9.47 Å². The van der Waals surface area contributed by atoms with Crippen molar-refractivity contribution in [3.8, 4) is 11.5 Å². The van der Waals surface area contributed by atoms with Crippen molar-refractivity contribution >= 4 is 0 Å². The quantitative estimate of drug-likeness (QED) is 0.201. The van der Waals surface area contributed by atoms with Gasteiger partial charge in [0.05, 0.1) is 6.61 Å².